The lowest BCUT2D eigenvalue weighted by Crippen LogP contribution is -2.32. The SMILES string of the molecule is COc1cnc(Cl)cc1-c1cc(C)ncc1C(=O)Nc1nc2c(s1)CN(C(=O)[C@H]1CCOC1)C2. The third-order valence-electron chi connectivity index (χ3n) is 5.89. The molecule has 0 bridgehead atoms. The highest BCUT2D eigenvalue weighted by atomic mass is 35.5. The number of methoxy groups -OCH3 is 1. The number of aryl methyl sites for hydroxylation is 1. The maximum atomic E-state index is 13.2. The normalized spacial score (nSPS) is 17.0. The summed E-state index contributed by atoms with van der Waals surface area (Å²) in [6.07, 6.45) is 3.81. The van der Waals surface area contributed by atoms with Crippen molar-refractivity contribution >= 4 is 39.9 Å². The molecule has 2 amide bonds. The first kappa shape index (κ1) is 22.7. The fourth-order valence-electron chi connectivity index (χ4n) is 4.16. The van der Waals surface area contributed by atoms with Gasteiger partial charge in [0.15, 0.2) is 5.13 Å². The van der Waals surface area contributed by atoms with E-state index in [1.54, 1.807) is 17.0 Å². The highest BCUT2D eigenvalue weighted by Crippen LogP contribution is 2.36. The Kier molecular flexibility index (Phi) is 6.20. The number of hydrogen-bond acceptors (Lipinski definition) is 8. The van der Waals surface area contributed by atoms with Crippen molar-refractivity contribution in [1.82, 2.24) is 19.9 Å². The maximum Gasteiger partial charge on any atom is 0.259 e. The Labute approximate surface area is 205 Å². The summed E-state index contributed by atoms with van der Waals surface area (Å²) in [5.74, 6) is 0.184. The van der Waals surface area contributed by atoms with Crippen molar-refractivity contribution in [2.75, 3.05) is 25.6 Å². The van der Waals surface area contributed by atoms with Gasteiger partial charge in [-0.25, -0.2) is 9.97 Å². The van der Waals surface area contributed by atoms with Crippen LogP contribution in [0.1, 0.15) is 33.0 Å². The van der Waals surface area contributed by atoms with Gasteiger partial charge in [0, 0.05) is 29.6 Å². The van der Waals surface area contributed by atoms with E-state index in [0.29, 0.717) is 53.9 Å². The quantitative estimate of drug-likeness (QED) is 0.533. The first-order valence-electron chi connectivity index (χ1n) is 10.8. The number of pyridine rings is 2. The summed E-state index contributed by atoms with van der Waals surface area (Å²) in [6, 6.07) is 3.46. The van der Waals surface area contributed by atoms with E-state index in [2.05, 4.69) is 20.3 Å². The molecule has 176 valence electrons. The number of ether oxygens (including phenoxy) is 2. The predicted molar refractivity (Wildman–Crippen MR) is 127 cm³/mol. The van der Waals surface area contributed by atoms with E-state index in [-0.39, 0.29) is 22.9 Å². The lowest BCUT2D eigenvalue weighted by Gasteiger charge is -2.18. The van der Waals surface area contributed by atoms with Gasteiger partial charge in [0.2, 0.25) is 5.91 Å². The second-order valence-corrected chi connectivity index (χ2v) is 9.65. The molecule has 1 fully saturated rings. The van der Waals surface area contributed by atoms with Crippen LogP contribution >= 0.6 is 22.9 Å². The predicted octanol–water partition coefficient (Wildman–Crippen LogP) is 3.70. The minimum atomic E-state index is -0.346. The standard InChI is InChI=1S/C23H22ClN5O4S/c1-12-5-14(15-6-20(24)26-8-18(15)32-2)16(7-25-12)21(30)28-23-27-17-9-29(10-19(17)34-23)22(31)13-3-4-33-11-13/h5-8,13H,3-4,9-11H2,1-2H3,(H,27,28,30)/t13-/m0/s1. The number of rotatable bonds is 5. The first-order chi connectivity index (χ1) is 16.4. The van der Waals surface area contributed by atoms with Crippen LogP contribution in [0.3, 0.4) is 0 Å². The van der Waals surface area contributed by atoms with E-state index in [0.717, 1.165) is 22.7 Å². The van der Waals surface area contributed by atoms with Crippen LogP contribution in [0.4, 0.5) is 5.13 Å². The number of amides is 2. The van der Waals surface area contributed by atoms with Crippen LogP contribution in [0.25, 0.3) is 11.1 Å². The molecule has 9 nitrogen and oxygen atoms in total. The summed E-state index contributed by atoms with van der Waals surface area (Å²) in [5.41, 5.74) is 3.19. The molecule has 0 saturated carbocycles. The van der Waals surface area contributed by atoms with Gasteiger partial charge in [0.25, 0.3) is 5.91 Å². The number of anilines is 1. The van der Waals surface area contributed by atoms with Crippen LogP contribution in [0.5, 0.6) is 5.75 Å². The van der Waals surface area contributed by atoms with Gasteiger partial charge in [-0.15, -0.1) is 0 Å². The number of carbonyl (C=O) groups excluding carboxylic acids is 2. The van der Waals surface area contributed by atoms with Crippen LogP contribution in [-0.2, 0) is 22.6 Å². The van der Waals surface area contributed by atoms with Gasteiger partial charge in [0.1, 0.15) is 10.9 Å². The Balaban J connectivity index is 1.36. The fourth-order valence-corrected chi connectivity index (χ4v) is 5.30. The van der Waals surface area contributed by atoms with Crippen molar-refractivity contribution in [2.24, 2.45) is 5.92 Å². The van der Waals surface area contributed by atoms with Gasteiger partial charge in [-0.3, -0.25) is 19.9 Å². The largest absolute Gasteiger partial charge is 0.494 e. The third-order valence-corrected chi connectivity index (χ3v) is 7.10. The lowest BCUT2D eigenvalue weighted by atomic mass is 10.0. The molecule has 11 heteroatoms. The molecule has 5 heterocycles. The molecule has 0 radical (unpaired) electrons. The number of hydrogen-bond donors (Lipinski definition) is 1. The molecule has 0 spiro atoms. The number of fused-ring (bicyclic) bond motifs is 1. The number of carbonyl (C=O) groups is 2. The smallest absolute Gasteiger partial charge is 0.259 e. The van der Waals surface area contributed by atoms with E-state index in [1.807, 2.05) is 6.92 Å². The molecule has 2 aliphatic heterocycles. The summed E-state index contributed by atoms with van der Waals surface area (Å²) in [5, 5.41) is 3.66. The van der Waals surface area contributed by atoms with Crippen molar-refractivity contribution in [3.05, 3.63) is 51.5 Å². The summed E-state index contributed by atoms with van der Waals surface area (Å²) in [4.78, 5) is 41.6. The zero-order valence-corrected chi connectivity index (χ0v) is 20.2. The highest BCUT2D eigenvalue weighted by molar-refractivity contribution is 7.16. The Morgan fingerprint density at radius 1 is 1.24 bits per heavy atom. The van der Waals surface area contributed by atoms with E-state index >= 15 is 0 Å². The van der Waals surface area contributed by atoms with E-state index < -0.39 is 0 Å². The Morgan fingerprint density at radius 2 is 2.09 bits per heavy atom. The second-order valence-electron chi connectivity index (χ2n) is 8.18. The number of aromatic nitrogens is 3. The van der Waals surface area contributed by atoms with Gasteiger partial charge in [-0.05, 0) is 25.5 Å². The number of nitrogens with zero attached hydrogens (tertiary/aromatic N) is 4. The Bertz CT molecular complexity index is 1250. The lowest BCUT2D eigenvalue weighted by molar-refractivity contribution is -0.136. The van der Waals surface area contributed by atoms with Crippen molar-refractivity contribution < 1.29 is 19.1 Å². The van der Waals surface area contributed by atoms with Crippen molar-refractivity contribution in [1.29, 1.82) is 0 Å². The van der Waals surface area contributed by atoms with Gasteiger partial charge in [0.05, 0.1) is 55.1 Å². The molecule has 0 aromatic carbocycles. The Morgan fingerprint density at radius 3 is 2.82 bits per heavy atom. The first-order valence-corrected chi connectivity index (χ1v) is 12.0. The van der Waals surface area contributed by atoms with Crippen LogP contribution < -0.4 is 10.1 Å². The van der Waals surface area contributed by atoms with Crippen molar-refractivity contribution in [3.8, 4) is 16.9 Å². The van der Waals surface area contributed by atoms with Crippen LogP contribution in [0.15, 0.2) is 24.5 Å². The second kappa shape index (κ2) is 9.28. The van der Waals surface area contributed by atoms with E-state index in [4.69, 9.17) is 21.1 Å². The molecule has 1 atom stereocenters. The molecule has 34 heavy (non-hydrogen) atoms. The Hall–Kier alpha value is -3.08. The molecular weight excluding hydrogens is 478 g/mol. The van der Waals surface area contributed by atoms with E-state index in [9.17, 15) is 9.59 Å². The monoisotopic (exact) mass is 499 g/mol. The minimum Gasteiger partial charge on any atom is -0.494 e. The average molecular weight is 500 g/mol. The molecule has 2 aliphatic rings. The van der Waals surface area contributed by atoms with Gasteiger partial charge in [-0.1, -0.05) is 22.9 Å². The molecule has 3 aromatic heterocycles. The summed E-state index contributed by atoms with van der Waals surface area (Å²) >= 11 is 7.50. The van der Waals surface area contributed by atoms with Crippen LogP contribution in [-0.4, -0.2) is 52.0 Å². The zero-order chi connectivity index (χ0) is 23.8. The minimum absolute atomic E-state index is 0.0701. The summed E-state index contributed by atoms with van der Waals surface area (Å²) in [7, 11) is 1.53. The molecule has 5 rings (SSSR count). The number of nitrogens with one attached hydrogen (secondary N) is 1. The highest BCUT2D eigenvalue weighted by Gasteiger charge is 2.33. The van der Waals surface area contributed by atoms with Gasteiger partial charge >= 0.3 is 0 Å². The molecule has 3 aromatic rings. The zero-order valence-electron chi connectivity index (χ0n) is 18.6. The van der Waals surface area contributed by atoms with Gasteiger partial charge in [-0.2, -0.15) is 0 Å². The summed E-state index contributed by atoms with van der Waals surface area (Å²) < 4.78 is 10.8. The van der Waals surface area contributed by atoms with Crippen molar-refractivity contribution in [2.45, 2.75) is 26.4 Å². The number of halogens is 1. The van der Waals surface area contributed by atoms with Crippen LogP contribution in [0.2, 0.25) is 5.15 Å². The molecule has 0 unspecified atom stereocenters. The van der Waals surface area contributed by atoms with Gasteiger partial charge < -0.3 is 14.4 Å². The third kappa shape index (κ3) is 4.36. The molecule has 1 N–H and O–H groups in total. The van der Waals surface area contributed by atoms with Crippen LogP contribution in [0, 0.1) is 12.8 Å². The average Bonchev–Trinajstić information content (AvgIpc) is 3.55. The fraction of sp³-hybridized carbons (Fsp3) is 0.348. The van der Waals surface area contributed by atoms with E-state index in [1.165, 1.54) is 30.8 Å². The maximum absolute atomic E-state index is 13.2. The molecule has 1 saturated heterocycles. The summed E-state index contributed by atoms with van der Waals surface area (Å²) in [6.45, 7) is 3.91. The number of thiazole rings is 1. The topological polar surface area (TPSA) is 107 Å². The molecule has 0 aliphatic carbocycles. The van der Waals surface area contributed by atoms with Crippen molar-refractivity contribution in [3.63, 3.8) is 0 Å². The molecular formula is C23H22ClN5O4S.